The molecule has 1 amide bonds. The highest BCUT2D eigenvalue weighted by molar-refractivity contribution is 6.68. The van der Waals surface area contributed by atoms with E-state index in [1.807, 2.05) is 0 Å². The minimum atomic E-state index is -1.69. The van der Waals surface area contributed by atoms with Gasteiger partial charge in [-0.15, -0.1) is 0 Å². The lowest BCUT2D eigenvalue weighted by molar-refractivity contribution is -0.121. The number of rotatable bonds is 7. The number of nitrogens with one attached hydrogen (secondary N) is 2. The summed E-state index contributed by atoms with van der Waals surface area (Å²) in [5.41, 5.74) is 0.587. The Morgan fingerprint density at radius 2 is 1.90 bits per heavy atom. The van der Waals surface area contributed by atoms with Gasteiger partial charge in [0.25, 0.3) is 0 Å². The number of hydrogen-bond acceptors (Lipinski definition) is 2. The number of carbonyl (C=O) groups is 1. The van der Waals surface area contributed by atoms with E-state index in [9.17, 15) is 4.79 Å². The first kappa shape index (κ1) is 18.7. The maximum absolute atomic E-state index is 11.9. The number of carbonyl (C=O) groups excluding carboxylic acids is 1. The first-order chi connectivity index (χ1) is 9.84. The normalized spacial score (nSPS) is 12.8. The summed E-state index contributed by atoms with van der Waals surface area (Å²) in [6, 6.07) is 7.05. The van der Waals surface area contributed by atoms with Crippen molar-refractivity contribution >= 4 is 58.0 Å². The molecule has 0 spiro atoms. The van der Waals surface area contributed by atoms with Gasteiger partial charge < -0.3 is 10.6 Å². The van der Waals surface area contributed by atoms with E-state index in [4.69, 9.17) is 46.4 Å². The van der Waals surface area contributed by atoms with Crippen LogP contribution in [0.3, 0.4) is 0 Å². The van der Waals surface area contributed by atoms with Gasteiger partial charge in [-0.3, -0.25) is 4.79 Å². The molecule has 0 saturated heterocycles. The van der Waals surface area contributed by atoms with Crippen molar-refractivity contribution in [1.82, 2.24) is 5.32 Å². The van der Waals surface area contributed by atoms with Crippen LogP contribution >= 0.6 is 46.4 Å². The molecule has 1 unspecified atom stereocenters. The van der Waals surface area contributed by atoms with Crippen LogP contribution in [0.2, 0.25) is 5.02 Å². The van der Waals surface area contributed by atoms with Gasteiger partial charge in [0.1, 0.15) is 6.17 Å². The number of anilines is 1. The minimum absolute atomic E-state index is 0.167. The van der Waals surface area contributed by atoms with Crippen molar-refractivity contribution in [2.45, 2.75) is 42.6 Å². The SMILES string of the molecule is CCCCCC(=O)NC(Nc1ccccc1Cl)C(Cl)(Cl)Cl. The average molecular weight is 372 g/mol. The molecule has 2 N–H and O–H groups in total. The second-order valence-corrected chi connectivity index (χ2v) is 7.40. The summed E-state index contributed by atoms with van der Waals surface area (Å²) < 4.78 is -1.69. The van der Waals surface area contributed by atoms with E-state index in [0.29, 0.717) is 17.1 Å². The summed E-state index contributed by atoms with van der Waals surface area (Å²) in [4.78, 5) is 11.9. The molecule has 3 nitrogen and oxygen atoms in total. The molecule has 1 aromatic carbocycles. The fourth-order valence-corrected chi connectivity index (χ4v) is 2.22. The highest BCUT2D eigenvalue weighted by Crippen LogP contribution is 2.32. The number of halogens is 4. The monoisotopic (exact) mass is 370 g/mol. The summed E-state index contributed by atoms with van der Waals surface area (Å²) in [6.07, 6.45) is 2.37. The molecule has 0 aromatic heterocycles. The van der Waals surface area contributed by atoms with E-state index in [2.05, 4.69) is 17.6 Å². The molecule has 0 aliphatic heterocycles. The first-order valence-corrected chi connectivity index (χ1v) is 8.23. The topological polar surface area (TPSA) is 41.1 Å². The maximum Gasteiger partial charge on any atom is 0.228 e. The zero-order chi connectivity index (χ0) is 15.9. The van der Waals surface area contributed by atoms with E-state index >= 15 is 0 Å². The Bertz CT molecular complexity index is 463. The standard InChI is InChI=1S/C14H18Cl4N2O/c1-2-3-4-9-12(21)20-13(14(16,17)18)19-11-8-6-5-7-10(11)15/h5-8,13,19H,2-4,9H2,1H3,(H,20,21). The Hall–Kier alpha value is -0.350. The van der Waals surface area contributed by atoms with E-state index < -0.39 is 9.96 Å². The van der Waals surface area contributed by atoms with Crippen LogP contribution in [-0.2, 0) is 4.79 Å². The summed E-state index contributed by atoms with van der Waals surface area (Å²) >= 11 is 23.8. The van der Waals surface area contributed by atoms with Gasteiger partial charge in [0.05, 0.1) is 10.7 Å². The summed E-state index contributed by atoms with van der Waals surface area (Å²) in [5, 5.41) is 6.12. The second-order valence-electron chi connectivity index (χ2n) is 4.62. The van der Waals surface area contributed by atoms with Gasteiger partial charge in [0.2, 0.25) is 9.70 Å². The van der Waals surface area contributed by atoms with Crippen molar-refractivity contribution in [3.8, 4) is 0 Å². The molecule has 0 saturated carbocycles. The van der Waals surface area contributed by atoms with Gasteiger partial charge in [-0.2, -0.15) is 0 Å². The van der Waals surface area contributed by atoms with E-state index in [-0.39, 0.29) is 5.91 Å². The number of hydrogen-bond donors (Lipinski definition) is 2. The predicted molar refractivity (Wildman–Crippen MR) is 91.4 cm³/mol. The van der Waals surface area contributed by atoms with Gasteiger partial charge in [0.15, 0.2) is 0 Å². The Kier molecular flexibility index (Phi) is 7.96. The lowest BCUT2D eigenvalue weighted by Crippen LogP contribution is -2.49. The van der Waals surface area contributed by atoms with Gasteiger partial charge in [-0.25, -0.2) is 0 Å². The summed E-state index contributed by atoms with van der Waals surface area (Å²) in [7, 11) is 0. The molecular formula is C14H18Cl4N2O. The van der Waals surface area contributed by atoms with Crippen molar-refractivity contribution in [2.24, 2.45) is 0 Å². The third-order valence-corrected chi connectivity index (χ3v) is 3.80. The number of alkyl halides is 3. The average Bonchev–Trinajstić information content (AvgIpc) is 2.39. The molecule has 0 heterocycles. The van der Waals surface area contributed by atoms with Crippen LogP contribution in [0.5, 0.6) is 0 Å². The third-order valence-electron chi connectivity index (χ3n) is 2.81. The molecule has 0 aliphatic carbocycles. The van der Waals surface area contributed by atoms with Crippen molar-refractivity contribution in [3.63, 3.8) is 0 Å². The van der Waals surface area contributed by atoms with Crippen LogP contribution in [0.25, 0.3) is 0 Å². The van der Waals surface area contributed by atoms with Crippen molar-refractivity contribution in [1.29, 1.82) is 0 Å². The fourth-order valence-electron chi connectivity index (χ4n) is 1.70. The van der Waals surface area contributed by atoms with E-state index in [1.54, 1.807) is 24.3 Å². The number of amides is 1. The smallest absolute Gasteiger partial charge is 0.228 e. The van der Waals surface area contributed by atoms with Crippen LogP contribution in [-0.4, -0.2) is 15.9 Å². The molecular weight excluding hydrogens is 354 g/mol. The number of unbranched alkanes of at least 4 members (excludes halogenated alkanes) is 2. The molecule has 1 rings (SSSR count). The molecule has 21 heavy (non-hydrogen) atoms. The molecule has 1 atom stereocenters. The minimum Gasteiger partial charge on any atom is -0.361 e. The second kappa shape index (κ2) is 8.94. The lowest BCUT2D eigenvalue weighted by atomic mass is 10.2. The van der Waals surface area contributed by atoms with E-state index in [0.717, 1.165) is 19.3 Å². The highest BCUT2D eigenvalue weighted by Gasteiger charge is 2.34. The van der Waals surface area contributed by atoms with Gasteiger partial charge in [-0.05, 0) is 18.6 Å². The van der Waals surface area contributed by atoms with Gasteiger partial charge in [0, 0.05) is 6.42 Å². The first-order valence-electron chi connectivity index (χ1n) is 6.71. The van der Waals surface area contributed by atoms with Crippen LogP contribution in [0, 0.1) is 0 Å². The Morgan fingerprint density at radius 1 is 1.24 bits per heavy atom. The van der Waals surface area contributed by atoms with Crippen LogP contribution in [0.4, 0.5) is 5.69 Å². The van der Waals surface area contributed by atoms with Crippen LogP contribution < -0.4 is 10.6 Å². The fraction of sp³-hybridized carbons (Fsp3) is 0.500. The van der Waals surface area contributed by atoms with Crippen molar-refractivity contribution in [2.75, 3.05) is 5.32 Å². The molecule has 0 aliphatic rings. The van der Waals surface area contributed by atoms with Crippen LogP contribution in [0.1, 0.15) is 32.6 Å². The molecule has 0 radical (unpaired) electrons. The lowest BCUT2D eigenvalue weighted by Gasteiger charge is -2.27. The third kappa shape index (κ3) is 6.96. The summed E-state index contributed by atoms with van der Waals surface area (Å²) in [5.74, 6) is -0.167. The molecule has 1 aromatic rings. The zero-order valence-electron chi connectivity index (χ0n) is 11.6. The molecule has 0 fully saturated rings. The molecule has 0 bridgehead atoms. The largest absolute Gasteiger partial charge is 0.361 e. The molecule has 118 valence electrons. The van der Waals surface area contributed by atoms with Crippen molar-refractivity contribution < 1.29 is 4.79 Å². The van der Waals surface area contributed by atoms with Gasteiger partial charge in [-0.1, -0.05) is 78.3 Å². The quantitative estimate of drug-likeness (QED) is 0.395. The molecule has 7 heteroatoms. The number of para-hydroxylation sites is 1. The van der Waals surface area contributed by atoms with E-state index in [1.165, 1.54) is 0 Å². The predicted octanol–water partition coefficient (Wildman–Crippen LogP) is 5.14. The van der Waals surface area contributed by atoms with Crippen molar-refractivity contribution in [3.05, 3.63) is 29.3 Å². The maximum atomic E-state index is 11.9. The Labute approximate surface area is 145 Å². The summed E-state index contributed by atoms with van der Waals surface area (Å²) in [6.45, 7) is 2.07. The number of benzene rings is 1. The van der Waals surface area contributed by atoms with Crippen LogP contribution in [0.15, 0.2) is 24.3 Å². The Balaban J connectivity index is 2.69. The Morgan fingerprint density at radius 3 is 2.48 bits per heavy atom. The van der Waals surface area contributed by atoms with Gasteiger partial charge >= 0.3 is 0 Å². The zero-order valence-corrected chi connectivity index (χ0v) is 14.7. The highest BCUT2D eigenvalue weighted by atomic mass is 35.6.